The molecule has 2 atom stereocenters. The van der Waals surface area contributed by atoms with Gasteiger partial charge in [0.15, 0.2) is 11.6 Å². The van der Waals surface area contributed by atoms with Crippen molar-refractivity contribution in [2.24, 2.45) is 5.73 Å². The van der Waals surface area contributed by atoms with Crippen molar-refractivity contribution in [1.29, 1.82) is 0 Å². The van der Waals surface area contributed by atoms with E-state index in [4.69, 9.17) is 15.6 Å². The summed E-state index contributed by atoms with van der Waals surface area (Å²) in [4.78, 5) is 18.5. The number of benzene rings is 2. The summed E-state index contributed by atoms with van der Waals surface area (Å²) >= 11 is 0. The lowest BCUT2D eigenvalue weighted by Crippen LogP contribution is -2.32. The molecule has 168 valence electrons. The van der Waals surface area contributed by atoms with Crippen LogP contribution < -0.4 is 10.5 Å². The maximum absolute atomic E-state index is 14.0. The molecule has 0 saturated heterocycles. The van der Waals surface area contributed by atoms with Crippen LogP contribution in [0.15, 0.2) is 54.9 Å². The highest BCUT2D eigenvalue weighted by Crippen LogP contribution is 2.38. The largest absolute Gasteiger partial charge is 0.480 e. The molecular formula is C21H16F5N3O3. The summed E-state index contributed by atoms with van der Waals surface area (Å²) in [5.41, 5.74) is 5.78. The molecule has 3 N–H and O–H groups in total. The molecule has 0 spiro atoms. The van der Waals surface area contributed by atoms with E-state index in [0.717, 1.165) is 24.5 Å². The van der Waals surface area contributed by atoms with Crippen molar-refractivity contribution < 1.29 is 36.6 Å². The van der Waals surface area contributed by atoms with Crippen LogP contribution in [0.3, 0.4) is 0 Å². The van der Waals surface area contributed by atoms with Crippen molar-refractivity contribution in [3.63, 3.8) is 0 Å². The fraction of sp³-hybridized carbons (Fsp3) is 0.190. The summed E-state index contributed by atoms with van der Waals surface area (Å²) < 4.78 is 72.9. The van der Waals surface area contributed by atoms with Gasteiger partial charge in [-0.25, -0.2) is 18.7 Å². The highest BCUT2D eigenvalue weighted by molar-refractivity contribution is 5.73. The van der Waals surface area contributed by atoms with Gasteiger partial charge in [-0.2, -0.15) is 13.2 Å². The fourth-order valence-corrected chi connectivity index (χ4v) is 2.86. The minimum Gasteiger partial charge on any atom is -0.480 e. The van der Waals surface area contributed by atoms with E-state index in [1.165, 1.54) is 0 Å². The van der Waals surface area contributed by atoms with E-state index in [-0.39, 0.29) is 12.1 Å². The lowest BCUT2D eigenvalue weighted by Gasteiger charge is -2.22. The normalized spacial score (nSPS) is 13.4. The molecule has 11 heteroatoms. The van der Waals surface area contributed by atoms with E-state index in [2.05, 4.69) is 9.97 Å². The molecule has 0 radical (unpaired) electrons. The zero-order chi connectivity index (χ0) is 23.5. The van der Waals surface area contributed by atoms with E-state index in [1.54, 1.807) is 24.3 Å². The summed E-state index contributed by atoms with van der Waals surface area (Å²) in [5, 5.41) is 8.87. The number of alkyl halides is 3. The molecule has 32 heavy (non-hydrogen) atoms. The maximum Gasteiger partial charge on any atom is 0.429 e. The molecule has 1 aromatic heterocycles. The summed E-state index contributed by atoms with van der Waals surface area (Å²) in [7, 11) is 0. The van der Waals surface area contributed by atoms with Crippen molar-refractivity contribution >= 4 is 5.97 Å². The number of rotatable bonds is 7. The van der Waals surface area contributed by atoms with E-state index in [0.29, 0.717) is 17.2 Å². The first kappa shape index (κ1) is 23.1. The maximum atomic E-state index is 14.0. The Bertz CT molecular complexity index is 1110. The number of carboxylic acids is 1. The molecule has 0 aliphatic carbocycles. The number of carboxylic acid groups (broad SMARTS) is 1. The zero-order valence-electron chi connectivity index (χ0n) is 16.2. The molecule has 3 rings (SSSR count). The first-order valence-electron chi connectivity index (χ1n) is 9.13. The van der Waals surface area contributed by atoms with Gasteiger partial charge in [0.1, 0.15) is 12.4 Å². The third kappa shape index (κ3) is 5.35. The van der Waals surface area contributed by atoms with Gasteiger partial charge >= 0.3 is 12.1 Å². The standard InChI is InChI=1S/C21H16F5N3O3/c22-14-3-1-2-13(18(14)23)19(21(24,25)26)32-17-9-16(28-10-29-17)12-6-4-11(5-7-12)8-15(27)20(30)31/h1-7,9-10,15,19H,8,27H2,(H,30,31)/t15-,19?/m0/s1. The number of ether oxygens (including phenoxy) is 1. The summed E-state index contributed by atoms with van der Waals surface area (Å²) in [6.45, 7) is 0. The molecule has 0 saturated carbocycles. The topological polar surface area (TPSA) is 98.3 Å². The Balaban J connectivity index is 1.86. The smallest absolute Gasteiger partial charge is 0.429 e. The minimum atomic E-state index is -5.05. The van der Waals surface area contributed by atoms with Crippen LogP contribution in [0.4, 0.5) is 22.0 Å². The molecule has 0 aliphatic rings. The van der Waals surface area contributed by atoms with Crippen molar-refractivity contribution in [1.82, 2.24) is 9.97 Å². The van der Waals surface area contributed by atoms with Gasteiger partial charge in [-0.15, -0.1) is 0 Å². The quantitative estimate of drug-likeness (QED) is 0.524. The summed E-state index contributed by atoms with van der Waals surface area (Å²) in [5.74, 6) is -4.76. The molecule has 3 aromatic rings. The monoisotopic (exact) mass is 453 g/mol. The SMILES string of the molecule is N[C@@H](Cc1ccc(-c2cc(OC(c3cccc(F)c3F)C(F)(F)F)ncn2)cc1)C(=O)O. The first-order valence-corrected chi connectivity index (χ1v) is 9.13. The Labute approximate surface area is 178 Å². The fourth-order valence-electron chi connectivity index (χ4n) is 2.86. The molecule has 1 unspecified atom stereocenters. The van der Waals surface area contributed by atoms with Crippen molar-refractivity contribution in [3.8, 4) is 17.1 Å². The number of carbonyl (C=O) groups is 1. The number of hydrogen-bond donors (Lipinski definition) is 2. The number of halogens is 5. The molecular weight excluding hydrogens is 437 g/mol. The third-order valence-corrected chi connectivity index (χ3v) is 4.46. The van der Waals surface area contributed by atoms with E-state index < -0.39 is 47.4 Å². The zero-order valence-corrected chi connectivity index (χ0v) is 16.2. The van der Waals surface area contributed by atoms with Gasteiger partial charge in [0, 0.05) is 17.2 Å². The molecule has 2 aromatic carbocycles. The number of aliphatic carboxylic acids is 1. The number of hydrogen-bond acceptors (Lipinski definition) is 5. The van der Waals surface area contributed by atoms with Crippen molar-refractivity contribution in [2.75, 3.05) is 0 Å². The highest BCUT2D eigenvalue weighted by Gasteiger charge is 2.45. The molecule has 0 amide bonds. The number of nitrogens with zero attached hydrogens (tertiary/aromatic N) is 2. The Morgan fingerprint density at radius 3 is 2.41 bits per heavy atom. The average molecular weight is 453 g/mol. The third-order valence-electron chi connectivity index (χ3n) is 4.46. The van der Waals surface area contributed by atoms with Crippen molar-refractivity contribution in [3.05, 3.63) is 77.6 Å². The van der Waals surface area contributed by atoms with Crippen LogP contribution in [0.1, 0.15) is 17.2 Å². The molecule has 1 heterocycles. The van der Waals surface area contributed by atoms with Crippen LogP contribution >= 0.6 is 0 Å². The van der Waals surface area contributed by atoms with Crippen LogP contribution in [0.2, 0.25) is 0 Å². The Morgan fingerprint density at radius 1 is 1.09 bits per heavy atom. The lowest BCUT2D eigenvalue weighted by molar-refractivity contribution is -0.199. The second kappa shape index (κ2) is 9.27. The summed E-state index contributed by atoms with van der Waals surface area (Å²) in [6.07, 6.45) is -6.79. The van der Waals surface area contributed by atoms with E-state index in [1.807, 2.05) is 0 Å². The van der Waals surface area contributed by atoms with Crippen LogP contribution in [0.5, 0.6) is 5.88 Å². The van der Waals surface area contributed by atoms with Crippen LogP contribution in [-0.4, -0.2) is 33.3 Å². The predicted molar refractivity (Wildman–Crippen MR) is 103 cm³/mol. The van der Waals surface area contributed by atoms with Gasteiger partial charge in [-0.3, -0.25) is 4.79 Å². The summed E-state index contributed by atoms with van der Waals surface area (Å²) in [6, 6.07) is 8.80. The van der Waals surface area contributed by atoms with Gasteiger partial charge in [0.05, 0.1) is 5.69 Å². The molecule has 0 aliphatic heterocycles. The lowest BCUT2D eigenvalue weighted by atomic mass is 10.0. The van der Waals surface area contributed by atoms with Crippen LogP contribution in [0.25, 0.3) is 11.3 Å². The van der Waals surface area contributed by atoms with Gasteiger partial charge in [-0.1, -0.05) is 36.4 Å². The average Bonchev–Trinajstić information content (AvgIpc) is 2.74. The van der Waals surface area contributed by atoms with Gasteiger partial charge in [-0.05, 0) is 18.1 Å². The number of nitrogens with two attached hydrogens (primary N) is 1. The van der Waals surface area contributed by atoms with E-state index in [9.17, 15) is 26.7 Å². The van der Waals surface area contributed by atoms with Crippen LogP contribution in [0, 0.1) is 11.6 Å². The molecule has 0 fully saturated rings. The second-order valence-corrected chi connectivity index (χ2v) is 6.77. The van der Waals surface area contributed by atoms with Gasteiger partial charge in [0.2, 0.25) is 12.0 Å². The van der Waals surface area contributed by atoms with E-state index >= 15 is 0 Å². The van der Waals surface area contributed by atoms with Crippen LogP contribution in [-0.2, 0) is 11.2 Å². The van der Waals surface area contributed by atoms with Crippen molar-refractivity contribution in [2.45, 2.75) is 24.7 Å². The Hall–Kier alpha value is -3.60. The highest BCUT2D eigenvalue weighted by atomic mass is 19.4. The number of aromatic nitrogens is 2. The minimum absolute atomic E-state index is 0.0835. The van der Waals surface area contributed by atoms with Gasteiger partial charge < -0.3 is 15.6 Å². The second-order valence-electron chi connectivity index (χ2n) is 6.77. The molecule has 0 bridgehead atoms. The molecule has 6 nitrogen and oxygen atoms in total. The predicted octanol–water partition coefficient (Wildman–Crippen LogP) is 4.06. The Kier molecular flexibility index (Phi) is 6.68. The van der Waals surface area contributed by atoms with Gasteiger partial charge in [0.25, 0.3) is 0 Å². The Morgan fingerprint density at radius 2 is 1.78 bits per heavy atom. The first-order chi connectivity index (χ1) is 15.1.